The number of ether oxygens (including phenoxy) is 1. The van der Waals surface area contributed by atoms with E-state index in [-0.39, 0.29) is 20.6 Å². The molecule has 1 aliphatic carbocycles. The molecule has 4 rings (SSSR count). The molecule has 3 aromatic rings. The number of anilines is 2. The molecule has 0 aromatic heterocycles. The van der Waals surface area contributed by atoms with Crippen molar-refractivity contribution in [2.24, 2.45) is 5.92 Å². The highest BCUT2D eigenvalue weighted by molar-refractivity contribution is 6.53. The molecule has 5 nitrogen and oxygen atoms in total. The summed E-state index contributed by atoms with van der Waals surface area (Å²) in [5.74, 6) is -1.82. The molecular weight excluding hydrogens is 542 g/mol. The van der Waals surface area contributed by atoms with Crippen LogP contribution in [0.2, 0.25) is 15.1 Å². The molecule has 1 aliphatic rings. The van der Waals surface area contributed by atoms with Gasteiger partial charge in [-0.25, -0.2) is 0 Å². The Labute approximate surface area is 221 Å². The molecule has 0 spiro atoms. The zero-order valence-corrected chi connectivity index (χ0v) is 21.3. The van der Waals surface area contributed by atoms with Gasteiger partial charge in [-0.05, 0) is 48.0 Å². The summed E-state index contributed by atoms with van der Waals surface area (Å²) in [4.78, 5) is 25.7. The normalized spacial score (nSPS) is 18.2. The van der Waals surface area contributed by atoms with E-state index in [0.717, 1.165) is 0 Å². The smallest absolute Gasteiger partial charge is 0.257 e. The lowest BCUT2D eigenvalue weighted by Crippen LogP contribution is -2.18. The van der Waals surface area contributed by atoms with E-state index in [1.54, 1.807) is 42.5 Å². The van der Waals surface area contributed by atoms with Crippen molar-refractivity contribution >= 4 is 81.2 Å². The summed E-state index contributed by atoms with van der Waals surface area (Å²) >= 11 is 31.6. The van der Waals surface area contributed by atoms with Crippen molar-refractivity contribution in [3.63, 3.8) is 0 Å². The van der Waals surface area contributed by atoms with E-state index in [0.29, 0.717) is 22.7 Å². The number of methoxy groups -OCH3 is 1. The quantitative estimate of drug-likeness (QED) is 0.309. The molecule has 2 atom stereocenters. The minimum Gasteiger partial charge on any atom is -0.494 e. The van der Waals surface area contributed by atoms with Crippen LogP contribution in [-0.4, -0.2) is 23.3 Å². The molecule has 0 radical (unpaired) electrons. The summed E-state index contributed by atoms with van der Waals surface area (Å²) in [6.07, 6.45) is 0. The van der Waals surface area contributed by atoms with Crippen LogP contribution >= 0.6 is 58.0 Å². The van der Waals surface area contributed by atoms with Gasteiger partial charge in [-0.1, -0.05) is 53.0 Å². The lowest BCUT2D eigenvalue weighted by atomic mass is 10.1. The Morgan fingerprint density at radius 3 is 2.12 bits per heavy atom. The largest absolute Gasteiger partial charge is 0.494 e. The Balaban J connectivity index is 1.52. The van der Waals surface area contributed by atoms with Gasteiger partial charge < -0.3 is 15.4 Å². The molecule has 1 fully saturated rings. The second-order valence-electron chi connectivity index (χ2n) is 7.65. The van der Waals surface area contributed by atoms with Gasteiger partial charge in [0, 0.05) is 17.3 Å². The van der Waals surface area contributed by atoms with Gasteiger partial charge in [-0.2, -0.15) is 0 Å². The molecule has 3 aromatic carbocycles. The number of carbonyl (C=O) groups is 2. The number of nitrogens with one attached hydrogen (secondary N) is 2. The molecule has 34 heavy (non-hydrogen) atoms. The maximum Gasteiger partial charge on any atom is 0.257 e. The standard InChI is InChI=1S/C24H17Cl5N2O3/c1-34-21-17(26)9-12(10-18(21)27)19-20(24(19,28)29)23(33)31-14-7-8-16(25)15(11-14)22(32)30-13-5-3-2-4-6-13/h2-11,19-20H,1H3,(H,30,32)(H,31,33)/t19-,20+/m1/s1. The topological polar surface area (TPSA) is 67.4 Å². The van der Waals surface area contributed by atoms with Crippen molar-refractivity contribution in [3.05, 3.63) is 86.9 Å². The Morgan fingerprint density at radius 2 is 1.50 bits per heavy atom. The van der Waals surface area contributed by atoms with E-state index >= 15 is 0 Å². The van der Waals surface area contributed by atoms with Gasteiger partial charge in [0.2, 0.25) is 5.91 Å². The van der Waals surface area contributed by atoms with Gasteiger partial charge in [-0.3, -0.25) is 9.59 Å². The van der Waals surface area contributed by atoms with Crippen molar-refractivity contribution in [3.8, 4) is 5.75 Å². The van der Waals surface area contributed by atoms with Crippen LogP contribution in [0, 0.1) is 5.92 Å². The van der Waals surface area contributed by atoms with Crippen LogP contribution in [0.25, 0.3) is 0 Å². The fourth-order valence-corrected chi connectivity index (χ4v) is 5.43. The summed E-state index contributed by atoms with van der Waals surface area (Å²) in [7, 11) is 1.45. The van der Waals surface area contributed by atoms with Gasteiger partial charge in [-0.15, -0.1) is 23.2 Å². The highest BCUT2D eigenvalue weighted by Crippen LogP contribution is 2.65. The van der Waals surface area contributed by atoms with Gasteiger partial charge in [0.25, 0.3) is 5.91 Å². The maximum atomic E-state index is 13.0. The molecule has 0 saturated heterocycles. The fraction of sp³-hybridized carbons (Fsp3) is 0.167. The number of para-hydroxylation sites is 1. The summed E-state index contributed by atoms with van der Waals surface area (Å²) in [5, 5.41) is 6.33. The van der Waals surface area contributed by atoms with Gasteiger partial charge >= 0.3 is 0 Å². The predicted octanol–water partition coefficient (Wildman–Crippen LogP) is 7.43. The van der Waals surface area contributed by atoms with E-state index in [9.17, 15) is 9.59 Å². The van der Waals surface area contributed by atoms with E-state index in [4.69, 9.17) is 62.7 Å². The summed E-state index contributed by atoms with van der Waals surface area (Å²) < 4.78 is 3.81. The Kier molecular flexibility index (Phi) is 7.22. The van der Waals surface area contributed by atoms with Gasteiger partial charge in [0.1, 0.15) is 4.33 Å². The van der Waals surface area contributed by atoms with Crippen molar-refractivity contribution in [2.75, 3.05) is 17.7 Å². The minimum absolute atomic E-state index is 0.201. The highest BCUT2D eigenvalue weighted by atomic mass is 35.5. The Hall–Kier alpha value is -2.15. The lowest BCUT2D eigenvalue weighted by molar-refractivity contribution is -0.117. The first kappa shape index (κ1) is 25.0. The van der Waals surface area contributed by atoms with Crippen molar-refractivity contribution in [1.82, 2.24) is 0 Å². The van der Waals surface area contributed by atoms with Gasteiger partial charge in [0.15, 0.2) is 5.75 Å². The zero-order valence-electron chi connectivity index (χ0n) is 17.5. The first-order chi connectivity index (χ1) is 16.1. The summed E-state index contributed by atoms with van der Waals surface area (Å²) in [5.41, 5.74) is 1.80. The number of hydrogen-bond donors (Lipinski definition) is 2. The molecule has 0 unspecified atom stereocenters. The van der Waals surface area contributed by atoms with Crippen LogP contribution in [0.3, 0.4) is 0 Å². The average molecular weight is 559 g/mol. The van der Waals surface area contributed by atoms with Crippen molar-refractivity contribution < 1.29 is 14.3 Å². The Bertz CT molecular complexity index is 1240. The van der Waals surface area contributed by atoms with Gasteiger partial charge in [0.05, 0.1) is 33.7 Å². The number of alkyl halides is 2. The van der Waals surface area contributed by atoms with Crippen LogP contribution in [-0.2, 0) is 4.79 Å². The second kappa shape index (κ2) is 9.84. The summed E-state index contributed by atoms with van der Waals surface area (Å²) in [6.45, 7) is 0. The third-order valence-electron chi connectivity index (χ3n) is 5.43. The number of benzene rings is 3. The average Bonchev–Trinajstić information content (AvgIpc) is 3.37. The van der Waals surface area contributed by atoms with E-state index in [1.165, 1.54) is 19.2 Å². The van der Waals surface area contributed by atoms with Crippen LogP contribution in [0.1, 0.15) is 21.8 Å². The fourth-order valence-electron chi connectivity index (χ4n) is 3.74. The first-order valence-corrected chi connectivity index (χ1v) is 11.9. The van der Waals surface area contributed by atoms with E-state index < -0.39 is 28.0 Å². The molecule has 0 heterocycles. The maximum absolute atomic E-state index is 13.0. The third-order valence-corrected chi connectivity index (χ3v) is 7.26. The molecular formula is C24H17Cl5N2O3. The van der Waals surface area contributed by atoms with E-state index in [1.807, 2.05) is 6.07 Å². The van der Waals surface area contributed by atoms with Crippen LogP contribution in [0.4, 0.5) is 11.4 Å². The van der Waals surface area contributed by atoms with E-state index in [2.05, 4.69) is 10.6 Å². The number of halogens is 5. The molecule has 2 N–H and O–H groups in total. The molecule has 176 valence electrons. The number of hydrogen-bond acceptors (Lipinski definition) is 3. The summed E-state index contributed by atoms with van der Waals surface area (Å²) in [6, 6.07) is 16.8. The number of carbonyl (C=O) groups excluding carboxylic acids is 2. The van der Waals surface area contributed by atoms with Crippen LogP contribution in [0.15, 0.2) is 60.7 Å². The van der Waals surface area contributed by atoms with Crippen molar-refractivity contribution in [1.29, 1.82) is 0 Å². The second-order valence-corrected chi connectivity index (χ2v) is 10.3. The molecule has 2 amide bonds. The molecule has 0 aliphatic heterocycles. The molecule has 1 saturated carbocycles. The zero-order chi connectivity index (χ0) is 24.6. The lowest BCUT2D eigenvalue weighted by Gasteiger charge is -2.10. The third kappa shape index (κ3) is 4.95. The predicted molar refractivity (Wildman–Crippen MR) is 138 cm³/mol. The Morgan fingerprint density at radius 1 is 0.853 bits per heavy atom. The van der Waals surface area contributed by atoms with Crippen LogP contribution in [0.5, 0.6) is 5.75 Å². The minimum atomic E-state index is -1.36. The SMILES string of the molecule is COc1c(Cl)cc([C@@H]2[C@@H](C(=O)Nc3ccc(Cl)c(C(=O)Nc4ccccc4)c3)C2(Cl)Cl)cc1Cl. The molecule has 0 bridgehead atoms. The monoisotopic (exact) mass is 556 g/mol. The molecule has 10 heteroatoms. The first-order valence-electron chi connectivity index (χ1n) is 10.0. The van der Waals surface area contributed by atoms with Crippen LogP contribution < -0.4 is 15.4 Å². The van der Waals surface area contributed by atoms with Crippen molar-refractivity contribution in [2.45, 2.75) is 10.3 Å². The highest BCUT2D eigenvalue weighted by Gasteiger charge is 2.67. The number of amides is 2. The number of rotatable bonds is 6.